The molecular formula is C13H18FNO. The van der Waals surface area contributed by atoms with E-state index in [1.807, 2.05) is 19.9 Å². The maximum Gasteiger partial charge on any atom is 0.127 e. The fraction of sp³-hybridized carbons (Fsp3) is 0.538. The topological polar surface area (TPSA) is 23.5 Å². The highest BCUT2D eigenvalue weighted by Gasteiger charge is 2.40. The molecule has 1 aliphatic heterocycles. The van der Waals surface area contributed by atoms with Gasteiger partial charge in [-0.15, -0.1) is 0 Å². The molecule has 0 aliphatic carbocycles. The monoisotopic (exact) mass is 223 g/mol. The van der Waals surface area contributed by atoms with Gasteiger partial charge in [0.05, 0.1) is 6.10 Å². The van der Waals surface area contributed by atoms with E-state index < -0.39 is 0 Å². The molecule has 1 N–H and O–H groups in total. The zero-order valence-electron chi connectivity index (χ0n) is 9.78. The summed E-state index contributed by atoms with van der Waals surface area (Å²) in [5.41, 5.74) is 0.437. The van der Waals surface area contributed by atoms with Crippen molar-refractivity contribution < 1.29 is 9.50 Å². The first-order chi connectivity index (χ1) is 7.51. The van der Waals surface area contributed by atoms with Gasteiger partial charge in [0.25, 0.3) is 0 Å². The lowest BCUT2D eigenvalue weighted by molar-refractivity contribution is 0.0501. The van der Waals surface area contributed by atoms with Crippen molar-refractivity contribution in [2.24, 2.45) is 0 Å². The van der Waals surface area contributed by atoms with Gasteiger partial charge in [-0.05, 0) is 26.3 Å². The van der Waals surface area contributed by atoms with Crippen molar-refractivity contribution in [2.75, 3.05) is 6.54 Å². The van der Waals surface area contributed by atoms with Gasteiger partial charge >= 0.3 is 0 Å². The summed E-state index contributed by atoms with van der Waals surface area (Å²) < 4.78 is 13.5. The second-order valence-corrected chi connectivity index (χ2v) is 4.97. The zero-order chi connectivity index (χ0) is 11.8. The highest BCUT2D eigenvalue weighted by atomic mass is 19.1. The quantitative estimate of drug-likeness (QED) is 0.830. The Morgan fingerprint density at radius 3 is 2.69 bits per heavy atom. The largest absolute Gasteiger partial charge is 0.391 e. The Balaban J connectivity index is 2.14. The van der Waals surface area contributed by atoms with E-state index in [2.05, 4.69) is 4.90 Å². The minimum Gasteiger partial charge on any atom is -0.391 e. The molecule has 1 saturated heterocycles. The fourth-order valence-electron chi connectivity index (χ4n) is 2.25. The van der Waals surface area contributed by atoms with E-state index in [1.54, 1.807) is 12.1 Å². The van der Waals surface area contributed by atoms with E-state index in [9.17, 15) is 9.50 Å². The Kier molecular flexibility index (Phi) is 3.00. The minimum absolute atomic E-state index is 0.167. The molecule has 1 aliphatic rings. The average molecular weight is 223 g/mol. The summed E-state index contributed by atoms with van der Waals surface area (Å²) in [5.74, 6) is -0.167. The van der Waals surface area contributed by atoms with Crippen LogP contribution in [-0.2, 0) is 6.54 Å². The van der Waals surface area contributed by atoms with Gasteiger partial charge in [-0.1, -0.05) is 18.2 Å². The third kappa shape index (κ3) is 1.97. The van der Waals surface area contributed by atoms with E-state index in [1.165, 1.54) is 6.07 Å². The third-order valence-electron chi connectivity index (χ3n) is 3.62. The van der Waals surface area contributed by atoms with Crippen LogP contribution in [0, 0.1) is 5.82 Å². The molecule has 1 unspecified atom stereocenters. The Morgan fingerprint density at radius 2 is 2.12 bits per heavy atom. The Labute approximate surface area is 95.7 Å². The SMILES string of the molecule is CC1(C)C(O)CCN1Cc1ccccc1F. The molecule has 1 heterocycles. The molecule has 88 valence electrons. The molecule has 16 heavy (non-hydrogen) atoms. The number of nitrogens with zero attached hydrogens (tertiary/aromatic N) is 1. The van der Waals surface area contributed by atoms with Crippen LogP contribution in [0.3, 0.4) is 0 Å². The van der Waals surface area contributed by atoms with Crippen LogP contribution < -0.4 is 0 Å². The predicted octanol–water partition coefficient (Wildman–Crippen LogP) is 2.17. The number of halogens is 1. The summed E-state index contributed by atoms with van der Waals surface area (Å²) in [4.78, 5) is 2.13. The summed E-state index contributed by atoms with van der Waals surface area (Å²) in [6, 6.07) is 6.83. The number of hydrogen-bond acceptors (Lipinski definition) is 2. The van der Waals surface area contributed by atoms with E-state index in [0.717, 1.165) is 13.0 Å². The Hall–Kier alpha value is -0.930. The molecule has 3 heteroatoms. The molecule has 0 spiro atoms. The highest BCUT2D eigenvalue weighted by molar-refractivity contribution is 5.18. The first-order valence-corrected chi connectivity index (χ1v) is 5.68. The summed E-state index contributed by atoms with van der Waals surface area (Å²) in [6.07, 6.45) is 0.445. The van der Waals surface area contributed by atoms with Crippen molar-refractivity contribution in [2.45, 2.75) is 38.5 Å². The first-order valence-electron chi connectivity index (χ1n) is 5.68. The first kappa shape index (κ1) is 11.6. The zero-order valence-corrected chi connectivity index (χ0v) is 9.78. The van der Waals surface area contributed by atoms with Crippen molar-refractivity contribution in [1.29, 1.82) is 0 Å². The molecule has 2 nitrogen and oxygen atoms in total. The van der Waals surface area contributed by atoms with Crippen molar-refractivity contribution in [3.05, 3.63) is 35.6 Å². The maximum absolute atomic E-state index is 13.5. The molecular weight excluding hydrogens is 205 g/mol. The van der Waals surface area contributed by atoms with Gasteiger partial charge in [0, 0.05) is 24.2 Å². The van der Waals surface area contributed by atoms with Crippen molar-refractivity contribution in [3.8, 4) is 0 Å². The van der Waals surface area contributed by atoms with E-state index >= 15 is 0 Å². The van der Waals surface area contributed by atoms with Gasteiger partial charge in [0.2, 0.25) is 0 Å². The van der Waals surface area contributed by atoms with Crippen molar-refractivity contribution in [3.63, 3.8) is 0 Å². The van der Waals surface area contributed by atoms with Crippen LogP contribution in [0.15, 0.2) is 24.3 Å². The van der Waals surface area contributed by atoms with Crippen LogP contribution in [0.5, 0.6) is 0 Å². The number of aliphatic hydroxyl groups is 1. The van der Waals surface area contributed by atoms with Crippen LogP contribution in [0.2, 0.25) is 0 Å². The van der Waals surface area contributed by atoms with Crippen LogP contribution in [0.1, 0.15) is 25.8 Å². The smallest absolute Gasteiger partial charge is 0.127 e. The predicted molar refractivity (Wildman–Crippen MR) is 61.5 cm³/mol. The van der Waals surface area contributed by atoms with Gasteiger partial charge in [-0.2, -0.15) is 0 Å². The summed E-state index contributed by atoms with van der Waals surface area (Å²) in [6.45, 7) is 5.40. The highest BCUT2D eigenvalue weighted by Crippen LogP contribution is 2.30. The number of likely N-dealkylation sites (tertiary alicyclic amines) is 1. The second-order valence-electron chi connectivity index (χ2n) is 4.97. The standard InChI is InChI=1S/C13H18FNO/c1-13(2)12(16)7-8-15(13)9-10-5-3-4-6-11(10)14/h3-6,12,16H,7-9H2,1-2H3. The molecule has 0 amide bonds. The number of aliphatic hydroxyl groups excluding tert-OH is 1. The average Bonchev–Trinajstić information content (AvgIpc) is 2.48. The molecule has 1 aromatic carbocycles. The number of hydrogen-bond donors (Lipinski definition) is 1. The molecule has 0 saturated carbocycles. The lowest BCUT2D eigenvalue weighted by atomic mass is 9.98. The van der Waals surface area contributed by atoms with Crippen LogP contribution in [0.25, 0.3) is 0 Å². The van der Waals surface area contributed by atoms with Gasteiger partial charge in [-0.25, -0.2) is 4.39 Å². The third-order valence-corrected chi connectivity index (χ3v) is 3.62. The van der Waals surface area contributed by atoms with Crippen LogP contribution in [0.4, 0.5) is 4.39 Å². The van der Waals surface area contributed by atoms with E-state index in [4.69, 9.17) is 0 Å². The lowest BCUT2D eigenvalue weighted by Gasteiger charge is -2.33. The van der Waals surface area contributed by atoms with Gasteiger partial charge < -0.3 is 5.11 Å². The molecule has 0 bridgehead atoms. The second kappa shape index (κ2) is 4.15. The molecule has 0 aromatic heterocycles. The van der Waals surface area contributed by atoms with Gasteiger partial charge in [-0.3, -0.25) is 4.90 Å². The summed E-state index contributed by atoms with van der Waals surface area (Å²) in [7, 11) is 0. The molecule has 0 radical (unpaired) electrons. The van der Waals surface area contributed by atoms with E-state index in [0.29, 0.717) is 12.1 Å². The maximum atomic E-state index is 13.5. The number of rotatable bonds is 2. The Morgan fingerprint density at radius 1 is 1.44 bits per heavy atom. The van der Waals surface area contributed by atoms with Crippen molar-refractivity contribution in [1.82, 2.24) is 4.90 Å². The Bertz CT molecular complexity index is 378. The molecule has 1 atom stereocenters. The van der Waals surface area contributed by atoms with E-state index in [-0.39, 0.29) is 17.5 Å². The summed E-state index contributed by atoms with van der Waals surface area (Å²) >= 11 is 0. The normalized spacial score (nSPS) is 24.9. The van der Waals surface area contributed by atoms with Gasteiger partial charge in [0.1, 0.15) is 5.82 Å². The molecule has 1 aromatic rings. The van der Waals surface area contributed by atoms with Crippen LogP contribution in [-0.4, -0.2) is 28.2 Å². The van der Waals surface area contributed by atoms with Crippen molar-refractivity contribution >= 4 is 0 Å². The lowest BCUT2D eigenvalue weighted by Crippen LogP contribution is -2.44. The van der Waals surface area contributed by atoms with Gasteiger partial charge in [0.15, 0.2) is 0 Å². The minimum atomic E-state index is -0.320. The summed E-state index contributed by atoms with van der Waals surface area (Å²) in [5, 5.41) is 9.84. The number of benzene rings is 1. The molecule has 1 fully saturated rings. The molecule has 2 rings (SSSR count). The fourth-order valence-corrected chi connectivity index (χ4v) is 2.25. The van der Waals surface area contributed by atoms with Crippen LogP contribution >= 0.6 is 0 Å².